The van der Waals surface area contributed by atoms with Crippen molar-refractivity contribution in [2.24, 2.45) is 13.0 Å². The molecule has 1 atom stereocenters. The van der Waals surface area contributed by atoms with Gasteiger partial charge in [0, 0.05) is 26.1 Å². The first-order chi connectivity index (χ1) is 11.5. The number of rotatable bonds is 5. The first-order valence-corrected chi connectivity index (χ1v) is 9.16. The summed E-state index contributed by atoms with van der Waals surface area (Å²) in [6.45, 7) is 2.60. The highest BCUT2D eigenvalue weighted by Crippen LogP contribution is 2.28. The Kier molecular flexibility index (Phi) is 5.21. The summed E-state index contributed by atoms with van der Waals surface area (Å²) in [5.41, 5.74) is 0.892. The van der Waals surface area contributed by atoms with Gasteiger partial charge in [-0.1, -0.05) is 25.7 Å². The monoisotopic (exact) mass is 332 g/mol. The van der Waals surface area contributed by atoms with Crippen molar-refractivity contribution in [2.45, 2.75) is 64.3 Å². The van der Waals surface area contributed by atoms with Gasteiger partial charge in [-0.05, 0) is 32.1 Å². The number of aromatic nitrogens is 2. The predicted molar refractivity (Wildman–Crippen MR) is 92.7 cm³/mol. The van der Waals surface area contributed by atoms with Crippen molar-refractivity contribution in [3.63, 3.8) is 0 Å². The Hall–Kier alpha value is -1.85. The Morgan fingerprint density at radius 3 is 2.71 bits per heavy atom. The maximum Gasteiger partial charge on any atom is 0.250 e. The molecule has 1 aliphatic carbocycles. The first kappa shape index (κ1) is 17.0. The van der Waals surface area contributed by atoms with E-state index in [1.807, 2.05) is 20.0 Å². The molecule has 1 aliphatic heterocycles. The number of hydrogen-bond donors (Lipinski definition) is 1. The Bertz CT molecular complexity index is 604. The van der Waals surface area contributed by atoms with E-state index in [1.54, 1.807) is 9.58 Å². The van der Waals surface area contributed by atoms with Crippen molar-refractivity contribution in [2.75, 3.05) is 11.4 Å². The molecule has 6 heteroatoms. The highest BCUT2D eigenvalue weighted by atomic mass is 16.2. The zero-order valence-corrected chi connectivity index (χ0v) is 14.8. The summed E-state index contributed by atoms with van der Waals surface area (Å²) in [6, 6.07) is 1.52. The van der Waals surface area contributed by atoms with E-state index in [9.17, 15) is 9.59 Å². The van der Waals surface area contributed by atoms with E-state index in [4.69, 9.17) is 0 Å². The Labute approximate surface area is 143 Å². The normalized spacial score (nSPS) is 22.2. The summed E-state index contributed by atoms with van der Waals surface area (Å²) in [5, 5.41) is 7.27. The molecule has 1 saturated carbocycles. The van der Waals surface area contributed by atoms with Crippen LogP contribution >= 0.6 is 0 Å². The number of carbonyl (C=O) groups excluding carboxylic acids is 2. The summed E-state index contributed by atoms with van der Waals surface area (Å²) in [7, 11) is 1.85. The van der Waals surface area contributed by atoms with E-state index < -0.39 is 6.04 Å². The van der Waals surface area contributed by atoms with E-state index in [2.05, 4.69) is 10.4 Å². The van der Waals surface area contributed by atoms with Gasteiger partial charge in [-0.3, -0.25) is 19.2 Å². The molecule has 132 valence electrons. The lowest BCUT2D eigenvalue weighted by Gasteiger charge is -2.32. The van der Waals surface area contributed by atoms with Crippen molar-refractivity contribution in [1.82, 2.24) is 15.1 Å². The lowest BCUT2D eigenvalue weighted by atomic mass is 10.0. The number of aryl methyl sites for hydroxylation is 2. The Morgan fingerprint density at radius 1 is 1.29 bits per heavy atom. The minimum Gasteiger partial charge on any atom is -0.344 e. The number of carbonyl (C=O) groups is 2. The molecule has 2 fully saturated rings. The topological polar surface area (TPSA) is 67.2 Å². The summed E-state index contributed by atoms with van der Waals surface area (Å²) in [6.07, 6.45) is 8.22. The molecule has 0 spiro atoms. The van der Waals surface area contributed by atoms with Gasteiger partial charge in [-0.2, -0.15) is 5.10 Å². The van der Waals surface area contributed by atoms with Crippen LogP contribution in [0.15, 0.2) is 6.07 Å². The lowest BCUT2D eigenvalue weighted by Crippen LogP contribution is -2.52. The van der Waals surface area contributed by atoms with E-state index in [0.717, 1.165) is 30.8 Å². The average molecular weight is 332 g/mol. The third kappa shape index (κ3) is 3.79. The number of nitrogens with one attached hydrogen (secondary N) is 1. The quantitative estimate of drug-likeness (QED) is 0.900. The van der Waals surface area contributed by atoms with Gasteiger partial charge in [0.2, 0.25) is 5.91 Å². The van der Waals surface area contributed by atoms with Crippen LogP contribution in [0.5, 0.6) is 0 Å². The van der Waals surface area contributed by atoms with Gasteiger partial charge in [0.1, 0.15) is 11.9 Å². The molecular formula is C18H28N4O2. The molecule has 0 aromatic carbocycles. The molecule has 1 aromatic rings. The molecule has 1 unspecified atom stereocenters. The van der Waals surface area contributed by atoms with Crippen molar-refractivity contribution in [1.29, 1.82) is 0 Å². The minimum atomic E-state index is -0.398. The SMILES string of the molecule is Cc1cc(N2CCCC(NC(=O)CCC3CCCC3)C2=O)n(C)n1. The molecular weight excluding hydrogens is 304 g/mol. The molecule has 0 bridgehead atoms. The van der Waals surface area contributed by atoms with Crippen LogP contribution < -0.4 is 10.2 Å². The van der Waals surface area contributed by atoms with Crippen LogP contribution in [0.3, 0.4) is 0 Å². The van der Waals surface area contributed by atoms with Gasteiger partial charge in [0.15, 0.2) is 0 Å². The van der Waals surface area contributed by atoms with Gasteiger partial charge in [-0.25, -0.2) is 0 Å². The standard InChI is InChI=1S/C18H28N4O2/c1-13-12-17(21(2)20-13)22-11-5-8-15(18(22)24)19-16(23)10-9-14-6-3-4-7-14/h12,14-15H,3-11H2,1-2H3,(H,19,23). The van der Waals surface area contributed by atoms with E-state index in [-0.39, 0.29) is 11.8 Å². The number of nitrogens with zero attached hydrogens (tertiary/aromatic N) is 3. The highest BCUT2D eigenvalue weighted by Gasteiger charge is 2.32. The molecule has 0 radical (unpaired) electrons. The second-order valence-electron chi connectivity index (χ2n) is 7.21. The maximum absolute atomic E-state index is 12.8. The van der Waals surface area contributed by atoms with Crippen LogP contribution in [0.1, 0.15) is 57.1 Å². The molecule has 1 N–H and O–H groups in total. The predicted octanol–water partition coefficient (Wildman–Crippen LogP) is 2.31. The summed E-state index contributed by atoms with van der Waals surface area (Å²) in [5.74, 6) is 1.51. The van der Waals surface area contributed by atoms with Crippen molar-refractivity contribution in [3.8, 4) is 0 Å². The fourth-order valence-electron chi connectivity index (χ4n) is 3.99. The van der Waals surface area contributed by atoms with Crippen LogP contribution in [0.2, 0.25) is 0 Å². The van der Waals surface area contributed by atoms with Crippen molar-refractivity contribution >= 4 is 17.6 Å². The summed E-state index contributed by atoms with van der Waals surface area (Å²) < 4.78 is 1.73. The molecule has 2 heterocycles. The summed E-state index contributed by atoms with van der Waals surface area (Å²) >= 11 is 0. The number of anilines is 1. The van der Waals surface area contributed by atoms with Gasteiger partial charge in [0.05, 0.1) is 5.69 Å². The molecule has 1 aromatic heterocycles. The average Bonchev–Trinajstić information content (AvgIpc) is 3.17. The van der Waals surface area contributed by atoms with E-state index in [0.29, 0.717) is 18.9 Å². The number of amides is 2. The van der Waals surface area contributed by atoms with Gasteiger partial charge in [-0.15, -0.1) is 0 Å². The Morgan fingerprint density at radius 2 is 2.04 bits per heavy atom. The lowest BCUT2D eigenvalue weighted by molar-refractivity contribution is -0.128. The smallest absolute Gasteiger partial charge is 0.250 e. The molecule has 6 nitrogen and oxygen atoms in total. The van der Waals surface area contributed by atoms with E-state index >= 15 is 0 Å². The van der Waals surface area contributed by atoms with Crippen LogP contribution in [0.25, 0.3) is 0 Å². The van der Waals surface area contributed by atoms with E-state index in [1.165, 1.54) is 25.7 Å². The molecule has 1 saturated heterocycles. The zero-order valence-electron chi connectivity index (χ0n) is 14.8. The molecule has 3 rings (SSSR count). The molecule has 2 aliphatic rings. The fraction of sp³-hybridized carbons (Fsp3) is 0.722. The third-order valence-corrected chi connectivity index (χ3v) is 5.28. The largest absolute Gasteiger partial charge is 0.344 e. The van der Waals surface area contributed by atoms with Crippen molar-refractivity contribution in [3.05, 3.63) is 11.8 Å². The number of piperidine rings is 1. The maximum atomic E-state index is 12.8. The first-order valence-electron chi connectivity index (χ1n) is 9.16. The van der Waals surface area contributed by atoms with Gasteiger partial charge < -0.3 is 5.32 Å². The highest BCUT2D eigenvalue weighted by molar-refractivity contribution is 5.99. The summed E-state index contributed by atoms with van der Waals surface area (Å²) in [4.78, 5) is 26.7. The van der Waals surface area contributed by atoms with Crippen LogP contribution in [0.4, 0.5) is 5.82 Å². The van der Waals surface area contributed by atoms with Crippen molar-refractivity contribution < 1.29 is 9.59 Å². The van der Waals surface area contributed by atoms with Crippen LogP contribution in [-0.4, -0.2) is 34.2 Å². The second-order valence-corrected chi connectivity index (χ2v) is 7.21. The Balaban J connectivity index is 1.56. The minimum absolute atomic E-state index is 0.0153. The third-order valence-electron chi connectivity index (χ3n) is 5.28. The number of hydrogen-bond acceptors (Lipinski definition) is 3. The van der Waals surface area contributed by atoms with Crippen LogP contribution in [-0.2, 0) is 16.6 Å². The second kappa shape index (κ2) is 7.36. The fourth-order valence-corrected chi connectivity index (χ4v) is 3.99. The zero-order chi connectivity index (χ0) is 17.1. The molecule has 2 amide bonds. The molecule has 24 heavy (non-hydrogen) atoms. The van der Waals surface area contributed by atoms with Gasteiger partial charge >= 0.3 is 0 Å². The van der Waals surface area contributed by atoms with Crippen LogP contribution in [0, 0.1) is 12.8 Å². The van der Waals surface area contributed by atoms with Gasteiger partial charge in [0.25, 0.3) is 5.91 Å².